The number of aromatic nitrogens is 1. The minimum Gasteiger partial charge on any atom is -0.507 e. The number of alkyl halides is 3. The van der Waals surface area contributed by atoms with Gasteiger partial charge in [0.2, 0.25) is 0 Å². The third-order valence-corrected chi connectivity index (χ3v) is 9.80. The first-order valence-corrected chi connectivity index (χ1v) is 14.9. The lowest BCUT2D eigenvalue weighted by Crippen LogP contribution is -2.46. The third-order valence-electron chi connectivity index (χ3n) is 9.51. The number of hydrogen-bond donors (Lipinski definition) is 1. The molecule has 0 spiro atoms. The highest BCUT2D eigenvalue weighted by atomic mass is 35.5. The van der Waals surface area contributed by atoms with Gasteiger partial charge in [-0.05, 0) is 60.9 Å². The summed E-state index contributed by atoms with van der Waals surface area (Å²) >= 11 is 6.21. The quantitative estimate of drug-likeness (QED) is 0.208. The summed E-state index contributed by atoms with van der Waals surface area (Å²) in [6.07, 6.45) is -1.47. The van der Waals surface area contributed by atoms with Crippen LogP contribution < -0.4 is 5.01 Å². The van der Waals surface area contributed by atoms with Crippen LogP contribution in [0.5, 0.6) is 5.75 Å². The van der Waals surface area contributed by atoms with Crippen molar-refractivity contribution in [1.29, 1.82) is 0 Å². The zero-order chi connectivity index (χ0) is 32.8. The predicted octanol–water partition coefficient (Wildman–Crippen LogP) is 6.09. The van der Waals surface area contributed by atoms with Gasteiger partial charge in [-0.15, -0.1) is 0 Å². The number of aromatic hydroxyl groups is 1. The highest BCUT2D eigenvalue weighted by molar-refractivity contribution is 6.33. The Hall–Kier alpha value is -4.77. The summed E-state index contributed by atoms with van der Waals surface area (Å²) in [5, 5.41) is 13.4. The van der Waals surface area contributed by atoms with E-state index in [9.17, 15) is 37.5 Å². The number of benzene rings is 2. The Bertz CT molecular complexity index is 2020. The van der Waals surface area contributed by atoms with Crippen LogP contribution >= 0.6 is 11.6 Å². The molecule has 46 heavy (non-hydrogen) atoms. The lowest BCUT2D eigenvalue weighted by molar-refractivity contribution is -0.141. The number of nitrogens with zero attached hydrogens (tertiary/aromatic N) is 3. The second kappa shape index (κ2) is 10.4. The molecule has 2 heterocycles. The largest absolute Gasteiger partial charge is 0.507 e. The van der Waals surface area contributed by atoms with Gasteiger partial charge in [-0.1, -0.05) is 53.6 Å². The van der Waals surface area contributed by atoms with E-state index in [1.807, 2.05) is 12.1 Å². The maximum atomic E-state index is 14.2. The Labute approximate surface area is 265 Å². The number of ketones is 2. The zero-order valence-electron chi connectivity index (χ0n) is 24.4. The van der Waals surface area contributed by atoms with Gasteiger partial charge < -0.3 is 5.11 Å². The molecule has 1 N–H and O–H groups in total. The fourth-order valence-electron chi connectivity index (χ4n) is 7.49. The van der Waals surface area contributed by atoms with E-state index in [1.165, 1.54) is 19.2 Å². The zero-order valence-corrected chi connectivity index (χ0v) is 25.2. The first-order chi connectivity index (χ1) is 21.8. The molecule has 4 unspecified atom stereocenters. The van der Waals surface area contributed by atoms with E-state index in [-0.39, 0.29) is 46.3 Å². The van der Waals surface area contributed by atoms with E-state index in [2.05, 4.69) is 4.98 Å². The summed E-state index contributed by atoms with van der Waals surface area (Å²) in [4.78, 5) is 58.9. The Morgan fingerprint density at radius 1 is 0.978 bits per heavy atom. The molecule has 0 saturated carbocycles. The average molecular weight is 648 g/mol. The van der Waals surface area contributed by atoms with E-state index < -0.39 is 53.2 Å². The fraction of sp³-hybridized carbons (Fsp3) is 0.265. The molecule has 4 aliphatic rings. The Morgan fingerprint density at radius 2 is 1.70 bits per heavy atom. The molecule has 8 nitrogen and oxygen atoms in total. The van der Waals surface area contributed by atoms with Gasteiger partial charge in [0.1, 0.15) is 11.4 Å². The standard InChI is InChI=1S/C34H25ClF3N3O5/c1-15-13-25(43)29-22(30(15)44)14-21-19(27(29)18-9-11-24(42)17-6-4-3-5-16(17)18)7-8-20-28(21)33(46)41(32(20)45)40(2)31-23(35)10-12-26(39-31)34(36,37)38/h3-7,9-13,20-21,27-28,42H,8,14H2,1-2H3. The molecule has 3 aromatic rings. The average Bonchev–Trinajstić information content (AvgIpc) is 3.28. The number of hydrogen-bond acceptors (Lipinski definition) is 7. The maximum absolute atomic E-state index is 14.2. The number of anilines is 1. The summed E-state index contributed by atoms with van der Waals surface area (Å²) in [5.74, 6) is -5.55. The number of allylic oxidation sites excluding steroid dienone is 6. The number of fused-ring (bicyclic) bond motifs is 4. The van der Waals surface area contributed by atoms with Crippen LogP contribution in [0.25, 0.3) is 10.8 Å². The number of Topliss-reactive ketones (excluding diaryl/α,β-unsaturated/α-hetero) is 1. The molecule has 4 atom stereocenters. The summed E-state index contributed by atoms with van der Waals surface area (Å²) in [6, 6.07) is 12.1. The Morgan fingerprint density at radius 3 is 2.41 bits per heavy atom. The molecule has 7 rings (SSSR count). The predicted molar refractivity (Wildman–Crippen MR) is 161 cm³/mol. The van der Waals surface area contributed by atoms with Crippen molar-refractivity contribution in [3.8, 4) is 5.75 Å². The molecule has 2 amide bonds. The number of carbonyl (C=O) groups excluding carboxylic acids is 4. The van der Waals surface area contributed by atoms with Crippen molar-refractivity contribution >= 4 is 51.6 Å². The number of pyridine rings is 1. The molecular formula is C34H25ClF3N3O5. The van der Waals surface area contributed by atoms with Crippen molar-refractivity contribution in [2.45, 2.75) is 31.9 Å². The lowest BCUT2D eigenvalue weighted by Gasteiger charge is -2.42. The van der Waals surface area contributed by atoms with Crippen molar-refractivity contribution in [3.05, 3.63) is 99.3 Å². The molecule has 234 valence electrons. The fourth-order valence-corrected chi connectivity index (χ4v) is 7.71. The van der Waals surface area contributed by atoms with Crippen LogP contribution in [0.4, 0.5) is 19.0 Å². The van der Waals surface area contributed by atoms with E-state index in [1.54, 1.807) is 31.2 Å². The SMILES string of the molecule is CC1=CC(=O)C2=C(CC3C(=CCC4C(=O)N(N(C)c5nc(C(F)(F)F)ccc5Cl)C(=O)C43)C2c2ccc(O)c3ccccc23)C1=O. The monoisotopic (exact) mass is 647 g/mol. The number of halogens is 4. The van der Waals surface area contributed by atoms with Gasteiger partial charge in [-0.25, -0.2) is 4.98 Å². The molecule has 0 bridgehead atoms. The number of phenols is 1. The molecular weight excluding hydrogens is 623 g/mol. The van der Waals surface area contributed by atoms with Crippen molar-refractivity contribution in [2.75, 3.05) is 12.1 Å². The van der Waals surface area contributed by atoms with E-state index in [4.69, 9.17) is 11.6 Å². The van der Waals surface area contributed by atoms with Crippen molar-refractivity contribution < 1.29 is 37.5 Å². The molecule has 12 heteroatoms. The molecule has 1 aromatic heterocycles. The number of hydrazine groups is 1. The van der Waals surface area contributed by atoms with Gasteiger partial charge >= 0.3 is 6.18 Å². The van der Waals surface area contributed by atoms with Crippen LogP contribution in [0.2, 0.25) is 5.02 Å². The highest BCUT2D eigenvalue weighted by Crippen LogP contribution is 2.56. The van der Waals surface area contributed by atoms with Gasteiger partial charge in [-0.3, -0.25) is 24.2 Å². The molecule has 3 aliphatic carbocycles. The Kier molecular flexibility index (Phi) is 6.75. The molecule has 2 aromatic carbocycles. The second-order valence-electron chi connectivity index (χ2n) is 12.0. The van der Waals surface area contributed by atoms with Crippen LogP contribution in [0.1, 0.15) is 36.9 Å². The molecule has 1 fully saturated rings. The second-order valence-corrected chi connectivity index (χ2v) is 12.4. The molecule has 1 aliphatic heterocycles. The van der Waals surface area contributed by atoms with E-state index in [0.717, 1.165) is 16.1 Å². The smallest absolute Gasteiger partial charge is 0.433 e. The first-order valence-electron chi connectivity index (χ1n) is 14.6. The molecule has 0 radical (unpaired) electrons. The van der Waals surface area contributed by atoms with Crippen molar-refractivity contribution in [1.82, 2.24) is 9.99 Å². The first kappa shape index (κ1) is 29.9. The van der Waals surface area contributed by atoms with Crippen LogP contribution in [-0.2, 0) is 25.4 Å². The van der Waals surface area contributed by atoms with Crippen molar-refractivity contribution in [2.24, 2.45) is 17.8 Å². The van der Waals surface area contributed by atoms with E-state index >= 15 is 0 Å². The molecule has 1 saturated heterocycles. The normalized spacial score (nSPS) is 24.5. The highest BCUT2D eigenvalue weighted by Gasteiger charge is 2.57. The summed E-state index contributed by atoms with van der Waals surface area (Å²) in [5.41, 5.74) is 0.959. The summed E-state index contributed by atoms with van der Waals surface area (Å²) < 4.78 is 40.5. The maximum Gasteiger partial charge on any atom is 0.433 e. The number of imide groups is 1. The van der Waals surface area contributed by atoms with Crippen LogP contribution in [-0.4, -0.2) is 45.5 Å². The van der Waals surface area contributed by atoms with Gasteiger partial charge in [0, 0.05) is 35.1 Å². The van der Waals surface area contributed by atoms with Crippen LogP contribution in [0.15, 0.2) is 83.0 Å². The summed E-state index contributed by atoms with van der Waals surface area (Å²) in [7, 11) is 1.25. The minimum absolute atomic E-state index is 0.0315. The van der Waals surface area contributed by atoms with Gasteiger partial charge in [0.15, 0.2) is 17.4 Å². The topological polar surface area (TPSA) is 108 Å². The van der Waals surface area contributed by atoms with Gasteiger partial charge in [0.25, 0.3) is 11.8 Å². The number of amides is 2. The third kappa shape index (κ3) is 4.32. The number of phenolic OH excluding ortho intramolecular Hbond substituents is 1. The number of carbonyl (C=O) groups is 4. The van der Waals surface area contributed by atoms with Gasteiger partial charge in [0.05, 0.1) is 16.9 Å². The Balaban J connectivity index is 1.35. The minimum atomic E-state index is -4.79. The van der Waals surface area contributed by atoms with Gasteiger partial charge in [-0.2, -0.15) is 18.2 Å². The van der Waals surface area contributed by atoms with Crippen LogP contribution in [0, 0.1) is 17.8 Å². The van der Waals surface area contributed by atoms with Crippen molar-refractivity contribution in [3.63, 3.8) is 0 Å². The van der Waals surface area contributed by atoms with E-state index in [0.29, 0.717) is 33.5 Å². The van der Waals surface area contributed by atoms with Crippen LogP contribution in [0.3, 0.4) is 0 Å². The number of rotatable bonds is 3. The summed E-state index contributed by atoms with van der Waals surface area (Å²) in [6.45, 7) is 1.55. The lowest BCUT2D eigenvalue weighted by atomic mass is 9.59.